The summed E-state index contributed by atoms with van der Waals surface area (Å²) >= 11 is 0. The van der Waals surface area contributed by atoms with E-state index < -0.39 is 5.97 Å². The second-order valence-corrected chi connectivity index (χ2v) is 5.65. The second kappa shape index (κ2) is 7.67. The van der Waals surface area contributed by atoms with Gasteiger partial charge in [-0.25, -0.2) is 4.79 Å². The summed E-state index contributed by atoms with van der Waals surface area (Å²) in [6, 6.07) is 9.10. The zero-order chi connectivity index (χ0) is 15.9. The minimum absolute atomic E-state index is 0.0494. The number of nitrogens with zero attached hydrogens (tertiary/aromatic N) is 1. The minimum Gasteiger partial charge on any atom is -0.481 e. The smallest absolute Gasteiger partial charge is 0.322 e. The van der Waals surface area contributed by atoms with Crippen LogP contribution in [0.15, 0.2) is 30.3 Å². The van der Waals surface area contributed by atoms with E-state index in [1.54, 1.807) is 4.90 Å². The molecule has 0 radical (unpaired) electrons. The summed E-state index contributed by atoms with van der Waals surface area (Å²) in [4.78, 5) is 24.7. The third-order valence-electron chi connectivity index (χ3n) is 3.41. The first kappa shape index (κ1) is 17.0. The Hall–Kier alpha value is -2.04. The van der Waals surface area contributed by atoms with Crippen LogP contribution < -0.4 is 10.2 Å². The Balaban J connectivity index is 2.81. The van der Waals surface area contributed by atoms with Crippen LogP contribution in [-0.4, -0.2) is 29.2 Å². The maximum Gasteiger partial charge on any atom is 0.322 e. The molecule has 0 spiro atoms. The van der Waals surface area contributed by atoms with Gasteiger partial charge >= 0.3 is 12.0 Å². The first-order valence-corrected chi connectivity index (χ1v) is 7.22. The molecular formula is C16H24N2O3. The maximum atomic E-state index is 12.5. The monoisotopic (exact) mass is 292 g/mol. The van der Waals surface area contributed by atoms with Gasteiger partial charge in [0.2, 0.25) is 0 Å². The number of carboxylic acid groups (broad SMARTS) is 1. The highest BCUT2D eigenvalue weighted by atomic mass is 16.4. The summed E-state index contributed by atoms with van der Waals surface area (Å²) in [5.74, 6) is -0.850. The van der Waals surface area contributed by atoms with E-state index in [4.69, 9.17) is 5.11 Å². The molecule has 116 valence electrons. The van der Waals surface area contributed by atoms with Gasteiger partial charge in [-0.15, -0.1) is 0 Å². The van der Waals surface area contributed by atoms with Gasteiger partial charge in [0.1, 0.15) is 0 Å². The normalized spacial score (nSPS) is 11.0. The quantitative estimate of drug-likeness (QED) is 0.810. The lowest BCUT2D eigenvalue weighted by atomic mass is 10.0. The van der Waals surface area contributed by atoms with Crippen molar-refractivity contribution >= 4 is 17.7 Å². The van der Waals surface area contributed by atoms with Crippen LogP contribution in [0.4, 0.5) is 10.5 Å². The first-order chi connectivity index (χ1) is 9.85. The number of amides is 2. The van der Waals surface area contributed by atoms with Crippen molar-refractivity contribution in [1.82, 2.24) is 5.32 Å². The van der Waals surface area contributed by atoms with Crippen molar-refractivity contribution < 1.29 is 14.7 Å². The van der Waals surface area contributed by atoms with Gasteiger partial charge in [-0.3, -0.25) is 9.69 Å². The summed E-state index contributed by atoms with van der Waals surface area (Å²) < 4.78 is 0. The Bertz CT molecular complexity index is 472. The summed E-state index contributed by atoms with van der Waals surface area (Å²) in [6.07, 6.45) is 1.29. The molecule has 0 bridgehead atoms. The number of carboxylic acids is 1. The number of aliphatic carboxylic acids is 1. The highest BCUT2D eigenvalue weighted by Crippen LogP contribution is 2.16. The largest absolute Gasteiger partial charge is 0.481 e. The fraction of sp³-hybridized carbons (Fsp3) is 0.500. The molecule has 1 rings (SSSR count). The van der Waals surface area contributed by atoms with Crippen molar-refractivity contribution in [3.63, 3.8) is 0 Å². The van der Waals surface area contributed by atoms with Gasteiger partial charge in [0.25, 0.3) is 0 Å². The van der Waals surface area contributed by atoms with Crippen LogP contribution >= 0.6 is 0 Å². The average Bonchev–Trinajstić information content (AvgIpc) is 2.43. The van der Waals surface area contributed by atoms with Gasteiger partial charge in [-0.05, 0) is 38.8 Å². The standard InChI is InChI=1S/C16H24N2O3/c1-4-16(2,3)17-15(21)18(12-8-11-14(19)20)13-9-6-5-7-10-13/h5-7,9-10H,4,8,11-12H2,1-3H3,(H,17,21)(H,19,20). The van der Waals surface area contributed by atoms with Crippen molar-refractivity contribution in [2.75, 3.05) is 11.4 Å². The third-order valence-corrected chi connectivity index (χ3v) is 3.41. The van der Waals surface area contributed by atoms with E-state index in [0.29, 0.717) is 13.0 Å². The maximum absolute atomic E-state index is 12.5. The van der Waals surface area contributed by atoms with Crippen molar-refractivity contribution in [3.05, 3.63) is 30.3 Å². The van der Waals surface area contributed by atoms with Gasteiger partial charge in [-0.1, -0.05) is 25.1 Å². The van der Waals surface area contributed by atoms with Crippen molar-refractivity contribution in [1.29, 1.82) is 0 Å². The molecule has 2 amide bonds. The number of nitrogens with one attached hydrogen (secondary N) is 1. The number of urea groups is 1. The number of hydrogen-bond donors (Lipinski definition) is 2. The van der Waals surface area contributed by atoms with E-state index in [0.717, 1.165) is 12.1 Å². The molecule has 0 saturated heterocycles. The molecule has 0 unspecified atom stereocenters. The van der Waals surface area contributed by atoms with Crippen LogP contribution in [0, 0.1) is 0 Å². The number of carbonyl (C=O) groups is 2. The summed E-state index contributed by atoms with van der Waals surface area (Å²) in [7, 11) is 0. The van der Waals surface area contributed by atoms with Crippen molar-refractivity contribution in [3.8, 4) is 0 Å². The molecule has 21 heavy (non-hydrogen) atoms. The summed E-state index contributed by atoms with van der Waals surface area (Å²) in [6.45, 7) is 6.32. The molecule has 1 aromatic carbocycles. The lowest BCUT2D eigenvalue weighted by Crippen LogP contribution is -2.50. The predicted octanol–water partition coefficient (Wildman–Crippen LogP) is 3.26. The highest BCUT2D eigenvalue weighted by Gasteiger charge is 2.23. The van der Waals surface area contributed by atoms with Gasteiger partial charge in [-0.2, -0.15) is 0 Å². The molecule has 0 aliphatic heterocycles. The Labute approximate surface area is 126 Å². The van der Waals surface area contributed by atoms with Gasteiger partial charge in [0.15, 0.2) is 0 Å². The average molecular weight is 292 g/mol. The van der Waals surface area contributed by atoms with Crippen LogP contribution in [-0.2, 0) is 4.79 Å². The Morgan fingerprint density at radius 3 is 2.38 bits per heavy atom. The van der Waals surface area contributed by atoms with Crippen LogP contribution in [0.5, 0.6) is 0 Å². The molecule has 0 aromatic heterocycles. The zero-order valence-corrected chi connectivity index (χ0v) is 12.9. The van der Waals surface area contributed by atoms with Crippen LogP contribution in [0.2, 0.25) is 0 Å². The van der Waals surface area contributed by atoms with E-state index >= 15 is 0 Å². The van der Waals surface area contributed by atoms with E-state index in [-0.39, 0.29) is 18.0 Å². The second-order valence-electron chi connectivity index (χ2n) is 5.65. The number of hydrogen-bond acceptors (Lipinski definition) is 2. The number of anilines is 1. The number of benzene rings is 1. The molecular weight excluding hydrogens is 268 g/mol. The molecule has 0 fully saturated rings. The molecule has 0 atom stereocenters. The molecule has 1 aromatic rings. The highest BCUT2D eigenvalue weighted by molar-refractivity contribution is 5.92. The van der Waals surface area contributed by atoms with E-state index in [9.17, 15) is 9.59 Å². The van der Waals surface area contributed by atoms with Crippen LogP contribution in [0.1, 0.15) is 40.0 Å². The zero-order valence-electron chi connectivity index (χ0n) is 12.9. The Kier molecular flexibility index (Phi) is 6.21. The van der Waals surface area contributed by atoms with Gasteiger partial charge in [0, 0.05) is 24.2 Å². The van der Waals surface area contributed by atoms with Crippen molar-refractivity contribution in [2.45, 2.75) is 45.6 Å². The van der Waals surface area contributed by atoms with Crippen molar-refractivity contribution in [2.24, 2.45) is 0 Å². The number of carbonyl (C=O) groups excluding carboxylic acids is 1. The Morgan fingerprint density at radius 1 is 1.24 bits per heavy atom. The molecule has 5 heteroatoms. The lowest BCUT2D eigenvalue weighted by molar-refractivity contribution is -0.137. The SMILES string of the molecule is CCC(C)(C)NC(=O)N(CCCC(=O)O)c1ccccc1. The molecule has 2 N–H and O–H groups in total. The third kappa shape index (κ3) is 5.85. The molecule has 0 saturated carbocycles. The topological polar surface area (TPSA) is 69.6 Å². The predicted molar refractivity (Wildman–Crippen MR) is 83.6 cm³/mol. The molecule has 0 aliphatic carbocycles. The lowest BCUT2D eigenvalue weighted by Gasteiger charge is -2.30. The minimum atomic E-state index is -0.850. The Morgan fingerprint density at radius 2 is 1.86 bits per heavy atom. The number of para-hydroxylation sites is 1. The first-order valence-electron chi connectivity index (χ1n) is 7.22. The molecule has 5 nitrogen and oxygen atoms in total. The molecule has 0 aliphatic rings. The molecule has 0 heterocycles. The summed E-state index contributed by atoms with van der Waals surface area (Å²) in [5, 5.41) is 11.7. The van der Waals surface area contributed by atoms with Gasteiger partial charge in [0.05, 0.1) is 0 Å². The van der Waals surface area contributed by atoms with E-state index in [1.807, 2.05) is 51.1 Å². The van der Waals surface area contributed by atoms with Gasteiger partial charge < -0.3 is 10.4 Å². The van der Waals surface area contributed by atoms with Crippen LogP contribution in [0.25, 0.3) is 0 Å². The van der Waals surface area contributed by atoms with E-state index in [2.05, 4.69) is 5.32 Å². The van der Waals surface area contributed by atoms with Crippen LogP contribution in [0.3, 0.4) is 0 Å². The fourth-order valence-electron chi connectivity index (χ4n) is 1.79. The number of rotatable bonds is 7. The summed E-state index contributed by atoms with van der Waals surface area (Å²) in [5.41, 5.74) is 0.476. The van der Waals surface area contributed by atoms with E-state index in [1.165, 1.54) is 0 Å². The fourth-order valence-corrected chi connectivity index (χ4v) is 1.79.